The molecule has 5 nitrogen and oxygen atoms in total. The molecule has 3 aromatic rings. The number of nitrogens with zero attached hydrogens (tertiary/aromatic N) is 1. The summed E-state index contributed by atoms with van der Waals surface area (Å²) in [6.07, 6.45) is 0.881. The van der Waals surface area contributed by atoms with Crippen LogP contribution in [0.15, 0.2) is 72.8 Å². The third-order valence-electron chi connectivity index (χ3n) is 4.79. The van der Waals surface area contributed by atoms with Crippen molar-refractivity contribution in [1.82, 2.24) is 4.90 Å². The topological polar surface area (TPSA) is 55.8 Å². The molecule has 0 N–H and O–H groups in total. The van der Waals surface area contributed by atoms with Gasteiger partial charge in [-0.2, -0.15) is 0 Å². The van der Waals surface area contributed by atoms with Gasteiger partial charge < -0.3 is 14.4 Å². The van der Waals surface area contributed by atoms with Crippen LogP contribution in [0.5, 0.6) is 11.5 Å². The number of halogens is 1. The standard InChI is InChI=1S/C27H28FNO4/c1-27(2,3)33-26(31)29(18-21-7-5-4-6-8-21)16-15-20-9-13-24(14-10-20)32-25-17-23(28)12-11-22(25)19-30/h4-14,17,19H,15-16,18H2,1-3H3. The Balaban J connectivity index is 1.67. The first-order chi connectivity index (χ1) is 15.7. The van der Waals surface area contributed by atoms with E-state index in [-0.39, 0.29) is 17.4 Å². The van der Waals surface area contributed by atoms with Crippen LogP contribution < -0.4 is 4.74 Å². The van der Waals surface area contributed by atoms with Crippen LogP contribution in [0, 0.1) is 5.82 Å². The van der Waals surface area contributed by atoms with Gasteiger partial charge in [-0.3, -0.25) is 4.79 Å². The fraction of sp³-hybridized carbons (Fsp3) is 0.259. The molecule has 1 amide bonds. The van der Waals surface area contributed by atoms with Gasteiger partial charge in [0.1, 0.15) is 22.9 Å². The van der Waals surface area contributed by atoms with E-state index < -0.39 is 11.4 Å². The third kappa shape index (κ3) is 7.45. The molecule has 0 aliphatic heterocycles. The molecule has 33 heavy (non-hydrogen) atoms. The number of hydrogen-bond acceptors (Lipinski definition) is 4. The lowest BCUT2D eigenvalue weighted by Gasteiger charge is -2.27. The summed E-state index contributed by atoms with van der Waals surface area (Å²) in [6, 6.07) is 20.8. The summed E-state index contributed by atoms with van der Waals surface area (Å²) >= 11 is 0. The van der Waals surface area contributed by atoms with Crippen LogP contribution in [0.25, 0.3) is 0 Å². The largest absolute Gasteiger partial charge is 0.457 e. The van der Waals surface area contributed by atoms with E-state index in [0.717, 1.165) is 11.1 Å². The van der Waals surface area contributed by atoms with Gasteiger partial charge in [-0.15, -0.1) is 0 Å². The third-order valence-corrected chi connectivity index (χ3v) is 4.79. The lowest BCUT2D eigenvalue weighted by atomic mass is 10.1. The molecule has 6 heteroatoms. The molecule has 0 spiro atoms. The summed E-state index contributed by atoms with van der Waals surface area (Å²) in [5.41, 5.74) is 1.71. The van der Waals surface area contributed by atoms with Gasteiger partial charge in [0.2, 0.25) is 0 Å². The van der Waals surface area contributed by atoms with Gasteiger partial charge in [0, 0.05) is 19.2 Å². The normalized spacial score (nSPS) is 11.0. The fourth-order valence-corrected chi connectivity index (χ4v) is 3.17. The summed E-state index contributed by atoms with van der Waals surface area (Å²) < 4.78 is 24.8. The summed E-state index contributed by atoms with van der Waals surface area (Å²) in [5, 5.41) is 0. The minimum Gasteiger partial charge on any atom is -0.457 e. The second-order valence-corrected chi connectivity index (χ2v) is 8.68. The van der Waals surface area contributed by atoms with Crippen LogP contribution in [-0.2, 0) is 17.7 Å². The second-order valence-electron chi connectivity index (χ2n) is 8.68. The van der Waals surface area contributed by atoms with E-state index in [1.807, 2.05) is 63.2 Å². The van der Waals surface area contributed by atoms with Crippen LogP contribution in [0.3, 0.4) is 0 Å². The Kier molecular flexibility index (Phi) is 7.83. The van der Waals surface area contributed by atoms with E-state index in [1.165, 1.54) is 18.2 Å². The molecule has 172 valence electrons. The van der Waals surface area contributed by atoms with Crippen molar-refractivity contribution in [1.29, 1.82) is 0 Å². The molecular weight excluding hydrogens is 421 g/mol. The van der Waals surface area contributed by atoms with Crippen LogP contribution >= 0.6 is 0 Å². The van der Waals surface area contributed by atoms with Crippen LogP contribution in [0.4, 0.5) is 9.18 Å². The van der Waals surface area contributed by atoms with Gasteiger partial charge in [0.15, 0.2) is 6.29 Å². The van der Waals surface area contributed by atoms with E-state index >= 15 is 0 Å². The van der Waals surface area contributed by atoms with Gasteiger partial charge in [0.25, 0.3) is 0 Å². The average Bonchev–Trinajstić information content (AvgIpc) is 2.77. The van der Waals surface area contributed by atoms with Crippen LogP contribution in [-0.4, -0.2) is 29.4 Å². The maximum Gasteiger partial charge on any atom is 0.410 e. The number of aldehydes is 1. The Bertz CT molecular complexity index is 1080. The molecule has 3 aromatic carbocycles. The molecular formula is C27H28FNO4. The van der Waals surface area contributed by atoms with Gasteiger partial charge in [-0.1, -0.05) is 42.5 Å². The first-order valence-corrected chi connectivity index (χ1v) is 10.8. The van der Waals surface area contributed by atoms with Gasteiger partial charge in [-0.05, 0) is 62.6 Å². The molecule has 0 bridgehead atoms. The smallest absolute Gasteiger partial charge is 0.410 e. The zero-order valence-electron chi connectivity index (χ0n) is 19.1. The monoisotopic (exact) mass is 449 g/mol. The van der Waals surface area contributed by atoms with Crippen LogP contribution in [0.2, 0.25) is 0 Å². The van der Waals surface area contributed by atoms with E-state index in [2.05, 4.69) is 0 Å². The molecule has 0 aliphatic carbocycles. The van der Waals surface area contributed by atoms with Crippen molar-refractivity contribution >= 4 is 12.4 Å². The molecule has 0 aliphatic rings. The maximum absolute atomic E-state index is 13.5. The summed E-state index contributed by atoms with van der Waals surface area (Å²) in [4.78, 5) is 25.6. The number of carbonyl (C=O) groups excluding carboxylic acids is 2. The number of rotatable bonds is 8. The zero-order valence-corrected chi connectivity index (χ0v) is 19.1. The predicted octanol–water partition coefficient (Wildman–Crippen LogP) is 6.41. The van der Waals surface area contributed by atoms with Crippen molar-refractivity contribution in [2.75, 3.05) is 6.54 Å². The maximum atomic E-state index is 13.5. The van der Waals surface area contributed by atoms with Crippen molar-refractivity contribution in [3.63, 3.8) is 0 Å². The first-order valence-electron chi connectivity index (χ1n) is 10.8. The lowest BCUT2D eigenvalue weighted by Crippen LogP contribution is -2.37. The zero-order chi connectivity index (χ0) is 23.8. The Morgan fingerprint density at radius 1 is 0.970 bits per heavy atom. The molecule has 0 aromatic heterocycles. The molecule has 0 atom stereocenters. The number of amides is 1. The van der Waals surface area contributed by atoms with Gasteiger partial charge >= 0.3 is 6.09 Å². The Morgan fingerprint density at radius 2 is 1.67 bits per heavy atom. The van der Waals surface area contributed by atoms with Gasteiger partial charge in [0.05, 0.1) is 5.56 Å². The van der Waals surface area contributed by atoms with E-state index in [0.29, 0.717) is 31.5 Å². The summed E-state index contributed by atoms with van der Waals surface area (Å²) in [7, 11) is 0. The number of benzene rings is 3. The fourth-order valence-electron chi connectivity index (χ4n) is 3.17. The number of ether oxygens (including phenoxy) is 2. The average molecular weight is 450 g/mol. The minimum absolute atomic E-state index is 0.164. The summed E-state index contributed by atoms with van der Waals surface area (Å²) in [6.45, 7) is 6.46. The predicted molar refractivity (Wildman–Crippen MR) is 125 cm³/mol. The van der Waals surface area contributed by atoms with Crippen molar-refractivity contribution in [2.45, 2.75) is 39.3 Å². The van der Waals surface area contributed by atoms with Crippen molar-refractivity contribution in [2.24, 2.45) is 0 Å². The van der Waals surface area contributed by atoms with Gasteiger partial charge in [-0.25, -0.2) is 9.18 Å². The van der Waals surface area contributed by atoms with Crippen molar-refractivity contribution in [3.05, 3.63) is 95.3 Å². The highest BCUT2D eigenvalue weighted by atomic mass is 19.1. The number of hydrogen-bond donors (Lipinski definition) is 0. The SMILES string of the molecule is CC(C)(C)OC(=O)N(CCc1ccc(Oc2cc(F)ccc2C=O)cc1)Cc1ccccc1. The molecule has 0 unspecified atom stereocenters. The Labute approximate surface area is 193 Å². The highest BCUT2D eigenvalue weighted by molar-refractivity contribution is 5.79. The minimum atomic E-state index is -0.581. The highest BCUT2D eigenvalue weighted by Gasteiger charge is 2.22. The molecule has 3 rings (SSSR count). The Hall–Kier alpha value is -3.67. The second kappa shape index (κ2) is 10.8. The molecule has 0 fully saturated rings. The van der Waals surface area contributed by atoms with E-state index in [4.69, 9.17) is 9.47 Å². The molecule has 0 saturated heterocycles. The van der Waals surface area contributed by atoms with E-state index in [1.54, 1.807) is 17.0 Å². The van der Waals surface area contributed by atoms with E-state index in [9.17, 15) is 14.0 Å². The molecule has 0 saturated carbocycles. The highest BCUT2D eigenvalue weighted by Crippen LogP contribution is 2.26. The van der Waals surface area contributed by atoms with Crippen molar-refractivity contribution < 1.29 is 23.5 Å². The summed E-state index contributed by atoms with van der Waals surface area (Å²) in [5.74, 6) is 0.172. The quantitative estimate of drug-likeness (QED) is 0.373. The Morgan fingerprint density at radius 3 is 2.30 bits per heavy atom. The van der Waals surface area contributed by atoms with Crippen LogP contribution in [0.1, 0.15) is 42.3 Å². The lowest BCUT2D eigenvalue weighted by molar-refractivity contribution is 0.0235. The molecule has 0 heterocycles. The number of carbonyl (C=O) groups is 2. The first kappa shape index (κ1) is 24.0. The van der Waals surface area contributed by atoms with Crippen molar-refractivity contribution in [3.8, 4) is 11.5 Å². The molecule has 0 radical (unpaired) electrons.